The standard InChI is InChI=1S/C16H17Cl2N/c1-2-12-5-3-4-6-13(12)16(19)10-11-7-8-14(17)15(18)9-11/h3-9,16H,2,10,19H2,1H3. The SMILES string of the molecule is CCc1ccccc1C(N)Cc1ccc(Cl)c(Cl)c1. The molecule has 0 saturated carbocycles. The first kappa shape index (κ1) is 14.4. The second-order valence-electron chi connectivity index (χ2n) is 4.61. The molecule has 0 amide bonds. The van der Waals surface area contributed by atoms with Crippen LogP contribution in [0.3, 0.4) is 0 Å². The van der Waals surface area contributed by atoms with E-state index >= 15 is 0 Å². The van der Waals surface area contributed by atoms with Crippen LogP contribution in [0.5, 0.6) is 0 Å². The molecule has 2 rings (SSSR count). The van der Waals surface area contributed by atoms with Crippen molar-refractivity contribution in [2.75, 3.05) is 0 Å². The van der Waals surface area contributed by atoms with Gasteiger partial charge in [0.25, 0.3) is 0 Å². The molecular weight excluding hydrogens is 277 g/mol. The minimum absolute atomic E-state index is 0.0200. The minimum atomic E-state index is -0.0200. The highest BCUT2D eigenvalue weighted by atomic mass is 35.5. The fourth-order valence-electron chi connectivity index (χ4n) is 2.25. The summed E-state index contributed by atoms with van der Waals surface area (Å²) in [5, 5.41) is 1.16. The van der Waals surface area contributed by atoms with E-state index in [1.807, 2.05) is 30.3 Å². The molecule has 0 radical (unpaired) electrons. The molecule has 2 aromatic carbocycles. The van der Waals surface area contributed by atoms with Crippen molar-refractivity contribution in [3.05, 3.63) is 69.2 Å². The molecule has 1 atom stereocenters. The number of nitrogens with two attached hydrogens (primary N) is 1. The Labute approximate surface area is 124 Å². The predicted octanol–water partition coefficient (Wildman–Crippen LogP) is 4.80. The Morgan fingerprint density at radius 1 is 1.05 bits per heavy atom. The Bertz CT molecular complexity index is 566. The molecule has 1 unspecified atom stereocenters. The summed E-state index contributed by atoms with van der Waals surface area (Å²) >= 11 is 11.9. The maximum Gasteiger partial charge on any atom is 0.0595 e. The van der Waals surface area contributed by atoms with E-state index in [0.29, 0.717) is 10.0 Å². The van der Waals surface area contributed by atoms with E-state index in [0.717, 1.165) is 18.4 Å². The summed E-state index contributed by atoms with van der Waals surface area (Å²) in [5.41, 5.74) is 9.93. The molecule has 2 N–H and O–H groups in total. The molecule has 2 aromatic rings. The van der Waals surface area contributed by atoms with Crippen molar-refractivity contribution in [2.45, 2.75) is 25.8 Å². The Morgan fingerprint density at radius 3 is 2.47 bits per heavy atom. The van der Waals surface area contributed by atoms with Gasteiger partial charge in [-0.05, 0) is 41.7 Å². The van der Waals surface area contributed by atoms with E-state index in [9.17, 15) is 0 Å². The summed E-state index contributed by atoms with van der Waals surface area (Å²) in [4.78, 5) is 0. The van der Waals surface area contributed by atoms with Crippen LogP contribution >= 0.6 is 23.2 Å². The highest BCUT2D eigenvalue weighted by Crippen LogP contribution is 2.26. The van der Waals surface area contributed by atoms with Crippen LogP contribution in [-0.4, -0.2) is 0 Å². The van der Waals surface area contributed by atoms with Crippen molar-refractivity contribution >= 4 is 23.2 Å². The number of aryl methyl sites for hydroxylation is 1. The summed E-state index contributed by atoms with van der Waals surface area (Å²) in [5.74, 6) is 0. The van der Waals surface area contributed by atoms with Gasteiger partial charge in [0.2, 0.25) is 0 Å². The molecule has 0 fully saturated rings. The quantitative estimate of drug-likeness (QED) is 0.861. The molecule has 0 bridgehead atoms. The summed E-state index contributed by atoms with van der Waals surface area (Å²) in [6, 6.07) is 14.0. The van der Waals surface area contributed by atoms with Gasteiger partial charge in [0.05, 0.1) is 10.0 Å². The van der Waals surface area contributed by atoms with Gasteiger partial charge in [-0.15, -0.1) is 0 Å². The summed E-state index contributed by atoms with van der Waals surface area (Å²) < 4.78 is 0. The molecule has 0 aliphatic carbocycles. The number of halogens is 2. The fraction of sp³-hybridized carbons (Fsp3) is 0.250. The number of rotatable bonds is 4. The average Bonchev–Trinajstić information content (AvgIpc) is 2.43. The van der Waals surface area contributed by atoms with Crippen LogP contribution in [0.15, 0.2) is 42.5 Å². The zero-order valence-corrected chi connectivity index (χ0v) is 12.4. The van der Waals surface area contributed by atoms with Crippen LogP contribution in [0.2, 0.25) is 10.0 Å². The van der Waals surface area contributed by atoms with Gasteiger partial charge in [0.1, 0.15) is 0 Å². The van der Waals surface area contributed by atoms with E-state index in [1.165, 1.54) is 11.1 Å². The van der Waals surface area contributed by atoms with Gasteiger partial charge in [0.15, 0.2) is 0 Å². The van der Waals surface area contributed by atoms with E-state index in [2.05, 4.69) is 19.1 Å². The summed E-state index contributed by atoms with van der Waals surface area (Å²) in [6.45, 7) is 2.14. The zero-order valence-electron chi connectivity index (χ0n) is 10.9. The molecule has 1 nitrogen and oxygen atoms in total. The number of benzene rings is 2. The normalized spacial score (nSPS) is 12.4. The maximum atomic E-state index is 6.32. The maximum absolute atomic E-state index is 6.32. The first-order chi connectivity index (χ1) is 9.11. The minimum Gasteiger partial charge on any atom is -0.324 e. The number of hydrogen-bond donors (Lipinski definition) is 1. The predicted molar refractivity (Wildman–Crippen MR) is 82.9 cm³/mol. The third-order valence-corrected chi connectivity index (χ3v) is 4.01. The number of hydrogen-bond acceptors (Lipinski definition) is 1. The van der Waals surface area contributed by atoms with Crippen molar-refractivity contribution in [2.24, 2.45) is 5.73 Å². The van der Waals surface area contributed by atoms with Crippen molar-refractivity contribution in [1.29, 1.82) is 0 Å². The van der Waals surface area contributed by atoms with Crippen LogP contribution in [0.25, 0.3) is 0 Å². The van der Waals surface area contributed by atoms with Gasteiger partial charge >= 0.3 is 0 Å². The summed E-state index contributed by atoms with van der Waals surface area (Å²) in [6.07, 6.45) is 1.75. The van der Waals surface area contributed by atoms with Crippen molar-refractivity contribution in [3.8, 4) is 0 Å². The van der Waals surface area contributed by atoms with Gasteiger partial charge in [-0.25, -0.2) is 0 Å². The lowest BCUT2D eigenvalue weighted by Crippen LogP contribution is -2.15. The lowest BCUT2D eigenvalue weighted by molar-refractivity contribution is 0.712. The van der Waals surface area contributed by atoms with Gasteiger partial charge in [-0.1, -0.05) is 60.5 Å². The molecule has 0 aromatic heterocycles. The third-order valence-electron chi connectivity index (χ3n) is 3.28. The smallest absolute Gasteiger partial charge is 0.0595 e. The lowest BCUT2D eigenvalue weighted by atomic mass is 9.94. The van der Waals surface area contributed by atoms with Gasteiger partial charge in [0, 0.05) is 6.04 Å². The molecular formula is C16H17Cl2N. The zero-order chi connectivity index (χ0) is 13.8. The van der Waals surface area contributed by atoms with Crippen molar-refractivity contribution in [3.63, 3.8) is 0 Å². The highest BCUT2D eigenvalue weighted by Gasteiger charge is 2.11. The molecule has 19 heavy (non-hydrogen) atoms. The topological polar surface area (TPSA) is 26.0 Å². The van der Waals surface area contributed by atoms with Gasteiger partial charge < -0.3 is 5.73 Å². The molecule has 3 heteroatoms. The van der Waals surface area contributed by atoms with Crippen LogP contribution in [0.4, 0.5) is 0 Å². The molecule has 0 aliphatic rings. The van der Waals surface area contributed by atoms with E-state index in [4.69, 9.17) is 28.9 Å². The van der Waals surface area contributed by atoms with Crippen LogP contribution < -0.4 is 5.73 Å². The highest BCUT2D eigenvalue weighted by molar-refractivity contribution is 6.42. The Balaban J connectivity index is 2.20. The molecule has 100 valence electrons. The molecule has 0 aliphatic heterocycles. The van der Waals surface area contributed by atoms with Gasteiger partial charge in [-0.2, -0.15) is 0 Å². The average molecular weight is 294 g/mol. The monoisotopic (exact) mass is 293 g/mol. The second kappa shape index (κ2) is 6.42. The first-order valence-corrected chi connectivity index (χ1v) is 7.14. The third kappa shape index (κ3) is 3.50. The largest absolute Gasteiger partial charge is 0.324 e. The van der Waals surface area contributed by atoms with Crippen molar-refractivity contribution in [1.82, 2.24) is 0 Å². The molecule has 0 heterocycles. The van der Waals surface area contributed by atoms with Gasteiger partial charge in [-0.3, -0.25) is 0 Å². The molecule has 0 saturated heterocycles. The summed E-state index contributed by atoms with van der Waals surface area (Å²) in [7, 11) is 0. The second-order valence-corrected chi connectivity index (χ2v) is 5.43. The van der Waals surface area contributed by atoms with Crippen LogP contribution in [-0.2, 0) is 12.8 Å². The van der Waals surface area contributed by atoms with Crippen LogP contribution in [0.1, 0.15) is 29.7 Å². The van der Waals surface area contributed by atoms with E-state index < -0.39 is 0 Å². The lowest BCUT2D eigenvalue weighted by Gasteiger charge is -2.16. The molecule has 0 spiro atoms. The first-order valence-electron chi connectivity index (χ1n) is 6.39. The Morgan fingerprint density at radius 2 is 1.79 bits per heavy atom. The Kier molecular flexibility index (Phi) is 4.87. The van der Waals surface area contributed by atoms with E-state index in [-0.39, 0.29) is 6.04 Å². The van der Waals surface area contributed by atoms with E-state index in [1.54, 1.807) is 0 Å². The van der Waals surface area contributed by atoms with Crippen molar-refractivity contribution < 1.29 is 0 Å². The Hall–Kier alpha value is -1.02. The van der Waals surface area contributed by atoms with Crippen LogP contribution in [0, 0.1) is 0 Å². The fourth-order valence-corrected chi connectivity index (χ4v) is 2.57.